The van der Waals surface area contributed by atoms with E-state index in [4.69, 9.17) is 52.1 Å². The maximum absolute atomic E-state index is 13.3. The molecule has 2 fully saturated rings. The van der Waals surface area contributed by atoms with Crippen LogP contribution in [0.3, 0.4) is 0 Å². The first-order valence-electron chi connectivity index (χ1n) is 20.3. The quantitative estimate of drug-likeness (QED) is 0.123. The first-order valence-corrected chi connectivity index (χ1v) is 21.0. The molecular formula is C48H44Cl2N2O6. The Morgan fingerprint density at radius 2 is 0.931 bits per heavy atom. The molecule has 0 spiro atoms. The fraction of sp³-hybridized carbons (Fsp3) is 0.333. The molecule has 2 aliphatic heterocycles. The lowest BCUT2D eigenvalue weighted by Gasteiger charge is -2.26. The number of nitrogens with zero attached hydrogens (tertiary/aromatic N) is 2. The fourth-order valence-electron chi connectivity index (χ4n) is 8.62. The van der Waals surface area contributed by atoms with E-state index < -0.39 is 11.9 Å². The molecule has 5 aromatic carbocycles. The highest BCUT2D eigenvalue weighted by atomic mass is 35.5. The summed E-state index contributed by atoms with van der Waals surface area (Å²) in [7, 11) is 0. The van der Waals surface area contributed by atoms with Gasteiger partial charge in [0.15, 0.2) is 23.0 Å². The topological polar surface area (TPSA) is 95.8 Å². The fourth-order valence-corrected chi connectivity index (χ4v) is 9.14. The van der Waals surface area contributed by atoms with E-state index in [1.165, 1.54) is 62.5 Å². The van der Waals surface area contributed by atoms with Crippen LogP contribution >= 0.6 is 23.2 Å². The Morgan fingerprint density at radius 3 is 1.29 bits per heavy atom. The maximum atomic E-state index is 13.3. The number of fused-ring (bicyclic) bond motifs is 4. The molecule has 2 heterocycles. The largest absolute Gasteiger partial charge is 0.451 e. The van der Waals surface area contributed by atoms with Gasteiger partial charge in [0.05, 0.1) is 11.1 Å². The predicted octanol–water partition coefficient (Wildman–Crippen LogP) is 12.8. The van der Waals surface area contributed by atoms with Crippen LogP contribution in [0.15, 0.2) is 82.8 Å². The minimum absolute atomic E-state index is 0.153. The maximum Gasteiger partial charge on any atom is 0.343 e. The van der Waals surface area contributed by atoms with Gasteiger partial charge in [0.25, 0.3) is 0 Å². The molecule has 5 aromatic rings. The molecule has 4 aliphatic rings. The van der Waals surface area contributed by atoms with Gasteiger partial charge in [-0.15, -0.1) is 0 Å². The van der Waals surface area contributed by atoms with Crippen LogP contribution in [0.5, 0.6) is 34.5 Å². The van der Waals surface area contributed by atoms with Crippen molar-refractivity contribution in [2.45, 2.75) is 90.9 Å². The Balaban J connectivity index is 0.932. The highest BCUT2D eigenvalue weighted by Gasteiger charge is 2.29. The highest BCUT2D eigenvalue weighted by molar-refractivity contribution is 6.35. The first-order chi connectivity index (χ1) is 28.0. The van der Waals surface area contributed by atoms with Crippen LogP contribution in [0.25, 0.3) is 0 Å². The smallest absolute Gasteiger partial charge is 0.343 e. The third-order valence-corrected chi connectivity index (χ3v) is 13.0. The summed E-state index contributed by atoms with van der Waals surface area (Å²) in [5, 5.41) is 0.859. The zero-order chi connectivity index (χ0) is 40.2. The van der Waals surface area contributed by atoms with Crippen LogP contribution < -0.4 is 29.7 Å². The normalized spacial score (nSPS) is 20.4. The zero-order valence-electron chi connectivity index (χ0n) is 33.0. The van der Waals surface area contributed by atoms with Crippen LogP contribution in [0, 0.1) is 25.7 Å². The molecule has 9 rings (SSSR count). The summed E-state index contributed by atoms with van der Waals surface area (Å²) in [6, 6.07) is 22.3. The molecule has 0 aromatic heterocycles. The van der Waals surface area contributed by atoms with Crippen LogP contribution in [0.2, 0.25) is 10.0 Å². The third-order valence-electron chi connectivity index (χ3n) is 12.3. The van der Waals surface area contributed by atoms with E-state index in [1.54, 1.807) is 24.3 Å². The van der Waals surface area contributed by atoms with Crippen molar-refractivity contribution < 1.29 is 28.5 Å². The Labute approximate surface area is 347 Å². The molecule has 0 N–H and O–H groups in total. The van der Waals surface area contributed by atoms with E-state index in [-0.39, 0.29) is 32.3 Å². The van der Waals surface area contributed by atoms with Gasteiger partial charge in [-0.2, -0.15) is 0 Å². The molecule has 0 unspecified atom stereocenters. The van der Waals surface area contributed by atoms with Crippen LogP contribution in [0.1, 0.15) is 120 Å². The Bertz CT molecular complexity index is 2410. The van der Waals surface area contributed by atoms with Crippen molar-refractivity contribution in [3.8, 4) is 34.5 Å². The Morgan fingerprint density at radius 1 is 0.569 bits per heavy atom. The molecule has 58 heavy (non-hydrogen) atoms. The lowest BCUT2D eigenvalue weighted by atomic mass is 9.79. The number of aryl methyl sites for hydroxylation is 2. The Kier molecular flexibility index (Phi) is 10.3. The minimum atomic E-state index is -0.462. The third kappa shape index (κ3) is 7.37. The van der Waals surface area contributed by atoms with Crippen molar-refractivity contribution in [1.29, 1.82) is 0 Å². The van der Waals surface area contributed by atoms with Crippen LogP contribution in [-0.4, -0.2) is 11.9 Å². The number of ether oxygens (including phenoxy) is 4. The second-order valence-corrected chi connectivity index (χ2v) is 17.3. The van der Waals surface area contributed by atoms with Crippen molar-refractivity contribution in [3.63, 3.8) is 0 Å². The molecule has 0 saturated heterocycles. The SMILES string of the molecule is Cc1cc2c(cc1OC(=O)c1ccc(C3CCC(C)CC3)cc1)Oc1c(Cl)c3c(c(Cl)c1=N2)Oc1cc(OC(=O)c2ccc(C4CCC(C)CC4)cc2)c(C)cc1N=3. The van der Waals surface area contributed by atoms with Crippen molar-refractivity contribution in [1.82, 2.24) is 0 Å². The number of carbonyl (C=O) groups is 2. The number of hydrogen-bond acceptors (Lipinski definition) is 8. The second-order valence-electron chi connectivity index (χ2n) is 16.5. The van der Waals surface area contributed by atoms with Crippen molar-refractivity contribution >= 4 is 46.5 Å². The lowest BCUT2D eigenvalue weighted by Crippen LogP contribution is -2.22. The molecular weight excluding hydrogens is 771 g/mol. The van der Waals surface area contributed by atoms with Crippen molar-refractivity contribution in [2.75, 3.05) is 0 Å². The van der Waals surface area contributed by atoms with E-state index in [1.807, 2.05) is 62.4 Å². The monoisotopic (exact) mass is 814 g/mol. The average Bonchev–Trinajstić information content (AvgIpc) is 3.23. The minimum Gasteiger partial charge on any atom is -0.451 e. The standard InChI is InChI=1S/C48H44Cl2N2O6/c1-25-5-9-29(10-6-25)31-13-17-33(18-14-31)47(53)57-37-23-39-35(21-27(37)3)51-43-42(50)46-44(41(49)45(43)55-39)52-36-22-28(4)38(24-40(36)56-46)58-48(54)34-19-15-32(16-20-34)30-11-7-26(2)8-12-30/h13-26,29-30H,5-12H2,1-4H3. The molecule has 0 atom stereocenters. The summed E-state index contributed by atoms with van der Waals surface area (Å²) >= 11 is 13.9. The van der Waals surface area contributed by atoms with Crippen molar-refractivity contribution in [2.24, 2.45) is 21.8 Å². The summed E-state index contributed by atoms with van der Waals surface area (Å²) in [6.45, 7) is 8.29. The van der Waals surface area contributed by atoms with Gasteiger partial charge in [0.2, 0.25) is 0 Å². The average molecular weight is 816 g/mol. The van der Waals surface area contributed by atoms with Gasteiger partial charge in [-0.3, -0.25) is 0 Å². The summed E-state index contributed by atoms with van der Waals surface area (Å²) in [6.07, 6.45) is 9.64. The van der Waals surface area contributed by atoms with Crippen molar-refractivity contribution in [3.05, 3.63) is 127 Å². The van der Waals surface area contributed by atoms with E-state index in [0.29, 0.717) is 68.5 Å². The Hall–Kier alpha value is -5.18. The number of rotatable bonds is 6. The molecule has 0 bridgehead atoms. The first kappa shape index (κ1) is 38.3. The van der Waals surface area contributed by atoms with E-state index in [2.05, 4.69) is 13.8 Å². The van der Waals surface area contributed by atoms with Crippen LogP contribution in [-0.2, 0) is 0 Å². The summed E-state index contributed by atoms with van der Waals surface area (Å²) < 4.78 is 24.4. The molecule has 10 heteroatoms. The van der Waals surface area contributed by atoms with Gasteiger partial charge in [0.1, 0.15) is 43.6 Å². The molecule has 296 valence electrons. The zero-order valence-corrected chi connectivity index (χ0v) is 34.5. The number of hydrogen-bond donors (Lipinski definition) is 0. The van der Waals surface area contributed by atoms with Gasteiger partial charge in [-0.05, 0) is 122 Å². The number of benzene rings is 5. The second kappa shape index (κ2) is 15.5. The van der Waals surface area contributed by atoms with E-state index in [9.17, 15) is 9.59 Å². The predicted molar refractivity (Wildman–Crippen MR) is 224 cm³/mol. The lowest BCUT2D eigenvalue weighted by molar-refractivity contribution is 0.0723. The van der Waals surface area contributed by atoms with E-state index in [0.717, 1.165) is 11.8 Å². The van der Waals surface area contributed by atoms with E-state index >= 15 is 0 Å². The molecule has 2 aliphatic carbocycles. The number of carbonyl (C=O) groups excluding carboxylic acids is 2. The summed E-state index contributed by atoms with van der Waals surface area (Å²) in [5.41, 5.74) is 5.80. The summed E-state index contributed by atoms with van der Waals surface area (Å²) in [4.78, 5) is 36.2. The molecule has 8 nitrogen and oxygen atoms in total. The van der Waals surface area contributed by atoms with Crippen LogP contribution in [0.4, 0.5) is 11.4 Å². The molecule has 0 amide bonds. The number of halogens is 2. The number of esters is 2. The van der Waals surface area contributed by atoms with Gasteiger partial charge >= 0.3 is 11.9 Å². The van der Waals surface area contributed by atoms with Gasteiger partial charge in [-0.25, -0.2) is 19.6 Å². The van der Waals surface area contributed by atoms with Gasteiger partial charge in [-0.1, -0.05) is 87.0 Å². The van der Waals surface area contributed by atoms with Gasteiger partial charge < -0.3 is 18.9 Å². The molecule has 2 saturated carbocycles. The highest BCUT2D eigenvalue weighted by Crippen LogP contribution is 2.46. The van der Waals surface area contributed by atoms with Gasteiger partial charge in [0, 0.05) is 12.1 Å². The summed E-state index contributed by atoms with van der Waals surface area (Å²) in [5.74, 6) is 3.47. The molecule has 0 radical (unpaired) electrons.